The summed E-state index contributed by atoms with van der Waals surface area (Å²) in [7, 11) is 0. The summed E-state index contributed by atoms with van der Waals surface area (Å²) in [5.41, 5.74) is -0.823. The lowest BCUT2D eigenvalue weighted by Crippen LogP contribution is -2.68. The molecule has 2 bridgehead atoms. The first-order chi connectivity index (χ1) is 30.8. The molecule has 0 aromatic heterocycles. The molecule has 4 aliphatic heterocycles. The molecule has 0 aromatic rings. The van der Waals surface area contributed by atoms with Crippen molar-refractivity contribution in [3.05, 3.63) is 11.6 Å². The summed E-state index contributed by atoms with van der Waals surface area (Å²) >= 11 is 0. The highest BCUT2D eigenvalue weighted by atomic mass is 16.8. The first-order valence-corrected chi connectivity index (χ1v) is 24.3. The van der Waals surface area contributed by atoms with E-state index in [1.807, 2.05) is 0 Å². The predicted octanol–water partition coefficient (Wildman–Crippen LogP) is 0.550. The number of allylic oxidation sites excluding steroid dienone is 2. The fraction of sp³-hybridized carbons (Fsp3) is 0.917. The van der Waals surface area contributed by atoms with Gasteiger partial charge in [0.15, 0.2) is 18.9 Å². The number of aliphatic hydroxyl groups is 8. The van der Waals surface area contributed by atoms with Crippen LogP contribution in [-0.4, -0.2) is 171 Å². The van der Waals surface area contributed by atoms with Crippen LogP contribution in [0.5, 0.6) is 0 Å². The number of fused-ring (bicyclic) bond motifs is 7. The third-order valence-corrected chi connectivity index (χ3v) is 19.4. The lowest BCUT2D eigenvalue weighted by atomic mass is 9.33. The van der Waals surface area contributed by atoms with Gasteiger partial charge in [-0.05, 0) is 84.4 Å². The van der Waals surface area contributed by atoms with Crippen molar-refractivity contribution in [2.75, 3.05) is 19.8 Å². The fourth-order valence-electron chi connectivity index (χ4n) is 15.4. The second-order valence-corrected chi connectivity index (χ2v) is 23.6. The summed E-state index contributed by atoms with van der Waals surface area (Å²) < 4.78 is 42.1. The van der Waals surface area contributed by atoms with Crippen LogP contribution in [0.1, 0.15) is 107 Å². The third-order valence-electron chi connectivity index (χ3n) is 19.4. The van der Waals surface area contributed by atoms with Crippen LogP contribution < -0.4 is 5.32 Å². The molecular formula is C48H75NO17. The first kappa shape index (κ1) is 49.1. The molecule has 4 saturated carbocycles. The molecule has 4 saturated heterocycles. The Hall–Kier alpha value is -1.88. The number of ether oxygens (including phenoxy) is 7. The van der Waals surface area contributed by atoms with Crippen molar-refractivity contribution in [2.24, 2.45) is 50.2 Å². The van der Waals surface area contributed by atoms with Gasteiger partial charge in [0.2, 0.25) is 5.91 Å². The molecule has 9 N–H and O–H groups in total. The quantitative estimate of drug-likeness (QED) is 0.0914. The SMILES string of the molecule is CC(=O)N[C@H]1[C@H](O[C@H]2CC[C@]3(C)[C@H]4CC=C5[C@@H]6CC(C)(C)[C@@H]7C[C@]6(C(=O)O7)[C@H](O)C[C@@]5(C)[C@]4(C)CC[C@H]3C2(C)C)O[C@H](CO[C@@H]2OC[C@@H](O)[C@@H](O)[C@@H]2O[C@@H]2OC[C@@H](O)[C@H](O)[C@H]2O)[C@@H](O)[C@@H]1O. The van der Waals surface area contributed by atoms with E-state index in [-0.39, 0.29) is 64.7 Å². The van der Waals surface area contributed by atoms with Gasteiger partial charge in [-0.25, -0.2) is 0 Å². The number of amides is 1. The van der Waals surface area contributed by atoms with Crippen LogP contribution in [0.15, 0.2) is 11.6 Å². The van der Waals surface area contributed by atoms with Crippen LogP contribution in [0.3, 0.4) is 0 Å². The number of carbonyl (C=O) groups excluding carboxylic acids is 2. The van der Waals surface area contributed by atoms with Crippen molar-refractivity contribution in [1.29, 1.82) is 0 Å². The average molecular weight is 938 g/mol. The van der Waals surface area contributed by atoms with Crippen LogP contribution in [0.4, 0.5) is 0 Å². The van der Waals surface area contributed by atoms with Gasteiger partial charge in [0, 0.05) is 18.8 Å². The van der Waals surface area contributed by atoms with E-state index in [0.717, 1.165) is 32.1 Å². The average Bonchev–Trinajstić information content (AvgIpc) is 3.57. The van der Waals surface area contributed by atoms with Crippen molar-refractivity contribution in [2.45, 2.75) is 205 Å². The molecule has 1 spiro atoms. The molecule has 4 heterocycles. The standard InChI is InChI=1S/C48H75NO17/c1-21(50)49-32-36(57)35(56)26(20-62-41-38(34(55)25(52)19-61-41)66-40-37(58)33(54)24(51)18-60-40)63-39(32)64-30-12-13-45(6)27(44(30,4)5)11-14-46(7)28(45)10-9-22-23-15-43(2,3)31-17-48(23,42(59)65-31)29(53)16-47(22,46)8/h9,23-41,51-58H,10-20H2,1-8H3,(H,49,50)/t23-,24+,25+,26+,27-,28+,29+,30-,31-,32+,33-,34+,35+,36+,37+,38-,39-,40-,41-,45-,46+,47+,48+/m0/s1. The highest BCUT2D eigenvalue weighted by molar-refractivity contribution is 5.82. The Kier molecular flexibility index (Phi) is 12.6. The minimum absolute atomic E-state index is 0.0769. The van der Waals surface area contributed by atoms with Crippen molar-refractivity contribution in [1.82, 2.24) is 5.32 Å². The van der Waals surface area contributed by atoms with Crippen LogP contribution in [-0.2, 0) is 42.7 Å². The maximum absolute atomic E-state index is 13.7. The van der Waals surface area contributed by atoms with E-state index in [1.54, 1.807) is 0 Å². The summed E-state index contributed by atoms with van der Waals surface area (Å²) in [6.45, 7) is 16.1. The zero-order valence-electron chi connectivity index (χ0n) is 39.6. The van der Waals surface area contributed by atoms with E-state index in [1.165, 1.54) is 12.5 Å². The van der Waals surface area contributed by atoms with Crippen LogP contribution >= 0.6 is 0 Å². The Morgan fingerprint density at radius 1 is 0.773 bits per heavy atom. The molecular weight excluding hydrogens is 863 g/mol. The number of carbonyl (C=O) groups is 2. The number of rotatable bonds is 8. The predicted molar refractivity (Wildman–Crippen MR) is 229 cm³/mol. The van der Waals surface area contributed by atoms with Gasteiger partial charge in [-0.15, -0.1) is 0 Å². The molecule has 9 rings (SSSR count). The van der Waals surface area contributed by atoms with Crippen LogP contribution in [0, 0.1) is 50.2 Å². The molecule has 0 unspecified atom stereocenters. The summed E-state index contributed by atoms with van der Waals surface area (Å²) in [6.07, 6.45) is -10.7. The normalized spacial score (nSPS) is 53.8. The minimum atomic E-state index is -1.71. The Bertz CT molecular complexity index is 1900. The highest BCUT2D eigenvalue weighted by Gasteiger charge is 2.74. The first-order valence-electron chi connectivity index (χ1n) is 24.3. The van der Waals surface area contributed by atoms with Crippen LogP contribution in [0.25, 0.3) is 0 Å². The largest absolute Gasteiger partial charge is 0.461 e. The summed E-state index contributed by atoms with van der Waals surface area (Å²) in [5.74, 6) is -0.317. The van der Waals surface area contributed by atoms with Gasteiger partial charge in [0.1, 0.15) is 72.5 Å². The van der Waals surface area contributed by atoms with Gasteiger partial charge in [-0.1, -0.05) is 60.1 Å². The molecule has 374 valence electrons. The topological polar surface area (TPSA) is 273 Å². The van der Waals surface area contributed by atoms with Crippen LogP contribution in [0.2, 0.25) is 0 Å². The zero-order chi connectivity index (χ0) is 47.8. The molecule has 23 atom stereocenters. The van der Waals surface area contributed by atoms with Crippen molar-refractivity contribution >= 4 is 11.9 Å². The zero-order valence-corrected chi connectivity index (χ0v) is 39.6. The van der Waals surface area contributed by atoms with Gasteiger partial charge in [-0.2, -0.15) is 0 Å². The van der Waals surface area contributed by atoms with E-state index < -0.39 is 115 Å². The molecule has 8 fully saturated rings. The maximum atomic E-state index is 13.7. The summed E-state index contributed by atoms with van der Waals surface area (Å²) in [5, 5.41) is 89.8. The Morgan fingerprint density at radius 3 is 2.15 bits per heavy atom. The number of nitrogens with one attached hydrogen (secondary N) is 1. The molecule has 0 aromatic carbocycles. The molecule has 0 radical (unpaired) electrons. The van der Waals surface area contributed by atoms with E-state index in [2.05, 4.69) is 59.9 Å². The number of hydrogen-bond donors (Lipinski definition) is 9. The van der Waals surface area contributed by atoms with Gasteiger partial charge in [0.25, 0.3) is 0 Å². The second-order valence-electron chi connectivity index (χ2n) is 23.6. The molecule has 66 heavy (non-hydrogen) atoms. The Morgan fingerprint density at radius 2 is 1.45 bits per heavy atom. The Balaban J connectivity index is 0.925. The van der Waals surface area contributed by atoms with E-state index in [9.17, 15) is 50.4 Å². The number of esters is 1. The lowest BCUT2D eigenvalue weighted by molar-refractivity contribution is -0.352. The van der Waals surface area contributed by atoms with Gasteiger partial charge < -0.3 is 79.3 Å². The van der Waals surface area contributed by atoms with Gasteiger partial charge in [-0.3, -0.25) is 9.59 Å². The molecule has 18 heteroatoms. The van der Waals surface area contributed by atoms with E-state index in [0.29, 0.717) is 19.3 Å². The lowest BCUT2D eigenvalue weighted by Gasteiger charge is -2.71. The van der Waals surface area contributed by atoms with Gasteiger partial charge >= 0.3 is 5.97 Å². The monoisotopic (exact) mass is 938 g/mol. The molecule has 5 aliphatic carbocycles. The summed E-state index contributed by atoms with van der Waals surface area (Å²) in [6, 6.07) is -1.15. The van der Waals surface area contributed by atoms with E-state index >= 15 is 0 Å². The summed E-state index contributed by atoms with van der Waals surface area (Å²) in [4.78, 5) is 26.3. The van der Waals surface area contributed by atoms with Crippen molar-refractivity contribution in [3.63, 3.8) is 0 Å². The molecule has 18 nitrogen and oxygen atoms in total. The Labute approximate surface area is 386 Å². The number of aliphatic hydroxyl groups excluding tert-OH is 8. The molecule has 1 amide bonds. The third kappa shape index (κ3) is 7.31. The van der Waals surface area contributed by atoms with Crippen molar-refractivity contribution < 1.29 is 83.6 Å². The molecule has 9 aliphatic rings. The highest BCUT2D eigenvalue weighted by Crippen LogP contribution is 2.76. The minimum Gasteiger partial charge on any atom is -0.461 e. The smallest absolute Gasteiger partial charge is 0.315 e. The van der Waals surface area contributed by atoms with Gasteiger partial charge in [0.05, 0.1) is 32.0 Å². The van der Waals surface area contributed by atoms with Crippen molar-refractivity contribution in [3.8, 4) is 0 Å². The fourth-order valence-corrected chi connectivity index (χ4v) is 15.4. The number of hydrogen-bond acceptors (Lipinski definition) is 17. The second kappa shape index (κ2) is 16.9. The maximum Gasteiger partial charge on any atom is 0.315 e. The van der Waals surface area contributed by atoms with E-state index in [4.69, 9.17) is 33.2 Å².